The first-order valence-electron chi connectivity index (χ1n) is 5.91. The highest BCUT2D eigenvalue weighted by molar-refractivity contribution is 5.72. The number of carbonyl (C=O) groups excluding carboxylic acids is 1. The molecular weight excluding hydrogens is 192 g/mol. The molecule has 0 aliphatic rings. The Kier molecular flexibility index (Phi) is 9.59. The molecule has 0 aliphatic heterocycles. The van der Waals surface area contributed by atoms with Gasteiger partial charge in [0.25, 0.3) is 0 Å². The molecule has 0 bridgehead atoms. The first-order valence-corrected chi connectivity index (χ1v) is 5.91. The SMILES string of the molecule is CCCCCC(CC)C(=O)OCCOC. The lowest BCUT2D eigenvalue weighted by Crippen LogP contribution is -2.19. The summed E-state index contributed by atoms with van der Waals surface area (Å²) in [5.41, 5.74) is 0. The van der Waals surface area contributed by atoms with Crippen molar-refractivity contribution in [2.75, 3.05) is 20.3 Å². The standard InChI is InChI=1S/C12H24O3/c1-4-6-7-8-11(5-2)12(13)15-10-9-14-3/h11H,4-10H2,1-3H3. The van der Waals surface area contributed by atoms with E-state index in [0.29, 0.717) is 13.2 Å². The smallest absolute Gasteiger partial charge is 0.308 e. The molecule has 0 N–H and O–H groups in total. The summed E-state index contributed by atoms with van der Waals surface area (Å²) in [7, 11) is 1.60. The van der Waals surface area contributed by atoms with Crippen LogP contribution in [-0.4, -0.2) is 26.3 Å². The van der Waals surface area contributed by atoms with Crippen molar-refractivity contribution in [2.24, 2.45) is 5.92 Å². The molecule has 0 aromatic heterocycles. The van der Waals surface area contributed by atoms with E-state index in [-0.39, 0.29) is 11.9 Å². The Hall–Kier alpha value is -0.570. The number of rotatable bonds is 9. The van der Waals surface area contributed by atoms with Gasteiger partial charge in [0.15, 0.2) is 0 Å². The first-order chi connectivity index (χ1) is 7.26. The van der Waals surface area contributed by atoms with Gasteiger partial charge in [-0.05, 0) is 12.8 Å². The third-order valence-corrected chi connectivity index (χ3v) is 2.51. The van der Waals surface area contributed by atoms with Gasteiger partial charge in [0, 0.05) is 7.11 Å². The number of hydrogen-bond donors (Lipinski definition) is 0. The van der Waals surface area contributed by atoms with Crippen molar-refractivity contribution in [3.05, 3.63) is 0 Å². The predicted molar refractivity (Wildman–Crippen MR) is 60.8 cm³/mol. The van der Waals surface area contributed by atoms with Crippen LogP contribution >= 0.6 is 0 Å². The van der Waals surface area contributed by atoms with Crippen LogP contribution in [-0.2, 0) is 14.3 Å². The molecule has 0 amide bonds. The van der Waals surface area contributed by atoms with Gasteiger partial charge in [-0.3, -0.25) is 4.79 Å². The lowest BCUT2D eigenvalue weighted by molar-refractivity contribution is -0.150. The molecule has 3 nitrogen and oxygen atoms in total. The fourth-order valence-electron chi connectivity index (χ4n) is 1.47. The van der Waals surface area contributed by atoms with Gasteiger partial charge < -0.3 is 9.47 Å². The first kappa shape index (κ1) is 14.4. The second kappa shape index (κ2) is 9.97. The third-order valence-electron chi connectivity index (χ3n) is 2.51. The van der Waals surface area contributed by atoms with Gasteiger partial charge >= 0.3 is 5.97 Å². The lowest BCUT2D eigenvalue weighted by atomic mass is 9.99. The van der Waals surface area contributed by atoms with Crippen molar-refractivity contribution in [2.45, 2.75) is 46.0 Å². The zero-order valence-electron chi connectivity index (χ0n) is 10.3. The Bertz CT molecular complexity index is 157. The highest BCUT2D eigenvalue weighted by Crippen LogP contribution is 2.15. The topological polar surface area (TPSA) is 35.5 Å². The van der Waals surface area contributed by atoms with Crippen molar-refractivity contribution < 1.29 is 14.3 Å². The van der Waals surface area contributed by atoms with Crippen LogP contribution in [0.15, 0.2) is 0 Å². The molecule has 1 unspecified atom stereocenters. The molecule has 1 atom stereocenters. The van der Waals surface area contributed by atoms with Crippen molar-refractivity contribution in [1.82, 2.24) is 0 Å². The quantitative estimate of drug-likeness (QED) is 0.439. The fourth-order valence-corrected chi connectivity index (χ4v) is 1.47. The number of methoxy groups -OCH3 is 1. The van der Waals surface area contributed by atoms with Gasteiger partial charge in [0.2, 0.25) is 0 Å². The fraction of sp³-hybridized carbons (Fsp3) is 0.917. The minimum absolute atomic E-state index is 0.0642. The summed E-state index contributed by atoms with van der Waals surface area (Å²) in [6, 6.07) is 0. The molecule has 0 aliphatic carbocycles. The van der Waals surface area contributed by atoms with Crippen LogP contribution in [0.1, 0.15) is 46.0 Å². The summed E-state index contributed by atoms with van der Waals surface area (Å²) in [5.74, 6) is 0.0130. The summed E-state index contributed by atoms with van der Waals surface area (Å²) < 4.78 is 9.93. The van der Waals surface area contributed by atoms with Crippen LogP contribution in [0.3, 0.4) is 0 Å². The summed E-state index contributed by atoms with van der Waals surface area (Å²) in [5, 5.41) is 0. The zero-order valence-corrected chi connectivity index (χ0v) is 10.3. The molecular formula is C12H24O3. The molecule has 15 heavy (non-hydrogen) atoms. The molecule has 0 radical (unpaired) electrons. The molecule has 90 valence electrons. The summed E-state index contributed by atoms with van der Waals surface area (Å²) in [6.07, 6.45) is 5.33. The molecule has 0 aromatic carbocycles. The maximum atomic E-state index is 11.6. The molecule has 0 fully saturated rings. The highest BCUT2D eigenvalue weighted by atomic mass is 16.6. The Morgan fingerprint density at radius 1 is 1.20 bits per heavy atom. The molecule has 3 heteroatoms. The summed E-state index contributed by atoms with van der Waals surface area (Å²) in [6.45, 7) is 5.06. The Morgan fingerprint density at radius 2 is 1.93 bits per heavy atom. The third kappa shape index (κ3) is 7.37. The molecule has 0 rings (SSSR count). The largest absolute Gasteiger partial charge is 0.463 e. The van der Waals surface area contributed by atoms with E-state index in [1.807, 2.05) is 6.92 Å². The number of carbonyl (C=O) groups is 1. The summed E-state index contributed by atoms with van der Waals surface area (Å²) in [4.78, 5) is 11.6. The van der Waals surface area contributed by atoms with Gasteiger partial charge in [-0.2, -0.15) is 0 Å². The van der Waals surface area contributed by atoms with Crippen LogP contribution in [0.2, 0.25) is 0 Å². The second-order valence-electron chi connectivity index (χ2n) is 3.76. The lowest BCUT2D eigenvalue weighted by Gasteiger charge is -2.13. The van der Waals surface area contributed by atoms with Gasteiger partial charge in [-0.1, -0.05) is 33.1 Å². The van der Waals surface area contributed by atoms with Crippen molar-refractivity contribution in [1.29, 1.82) is 0 Å². The number of hydrogen-bond acceptors (Lipinski definition) is 3. The Labute approximate surface area is 93.1 Å². The Morgan fingerprint density at radius 3 is 2.47 bits per heavy atom. The van der Waals surface area contributed by atoms with Crippen molar-refractivity contribution in [3.63, 3.8) is 0 Å². The van der Waals surface area contributed by atoms with Crippen LogP contribution in [0.4, 0.5) is 0 Å². The second-order valence-corrected chi connectivity index (χ2v) is 3.76. The number of esters is 1. The Balaban J connectivity index is 3.67. The van der Waals surface area contributed by atoms with E-state index in [1.54, 1.807) is 7.11 Å². The normalized spacial score (nSPS) is 12.5. The monoisotopic (exact) mass is 216 g/mol. The maximum absolute atomic E-state index is 11.6. The molecule has 0 aromatic rings. The van der Waals surface area contributed by atoms with Crippen molar-refractivity contribution >= 4 is 5.97 Å². The molecule has 0 saturated carbocycles. The summed E-state index contributed by atoms with van der Waals surface area (Å²) >= 11 is 0. The van der Waals surface area contributed by atoms with Crippen LogP contribution in [0, 0.1) is 5.92 Å². The van der Waals surface area contributed by atoms with Crippen LogP contribution < -0.4 is 0 Å². The molecule has 0 saturated heterocycles. The van der Waals surface area contributed by atoms with Crippen molar-refractivity contribution in [3.8, 4) is 0 Å². The van der Waals surface area contributed by atoms with Gasteiger partial charge in [-0.25, -0.2) is 0 Å². The van der Waals surface area contributed by atoms with E-state index in [1.165, 1.54) is 12.8 Å². The van der Waals surface area contributed by atoms with E-state index in [2.05, 4.69) is 6.92 Å². The zero-order chi connectivity index (χ0) is 11.5. The maximum Gasteiger partial charge on any atom is 0.308 e. The van der Waals surface area contributed by atoms with E-state index in [4.69, 9.17) is 9.47 Å². The highest BCUT2D eigenvalue weighted by Gasteiger charge is 2.16. The minimum Gasteiger partial charge on any atom is -0.463 e. The van der Waals surface area contributed by atoms with Gasteiger partial charge in [-0.15, -0.1) is 0 Å². The van der Waals surface area contributed by atoms with Gasteiger partial charge in [0.05, 0.1) is 12.5 Å². The predicted octanol–water partition coefficient (Wildman–Crippen LogP) is 2.78. The van der Waals surface area contributed by atoms with Crippen LogP contribution in [0.5, 0.6) is 0 Å². The molecule has 0 heterocycles. The van der Waals surface area contributed by atoms with E-state index in [0.717, 1.165) is 19.3 Å². The van der Waals surface area contributed by atoms with E-state index in [9.17, 15) is 4.79 Å². The number of unbranched alkanes of at least 4 members (excludes halogenated alkanes) is 2. The average molecular weight is 216 g/mol. The van der Waals surface area contributed by atoms with E-state index >= 15 is 0 Å². The van der Waals surface area contributed by atoms with Crippen LogP contribution in [0.25, 0.3) is 0 Å². The number of ether oxygens (including phenoxy) is 2. The van der Waals surface area contributed by atoms with Gasteiger partial charge in [0.1, 0.15) is 6.61 Å². The minimum atomic E-state index is -0.0642. The molecule has 0 spiro atoms. The average Bonchev–Trinajstić information content (AvgIpc) is 2.24. The van der Waals surface area contributed by atoms with E-state index < -0.39 is 0 Å².